The minimum absolute atomic E-state index is 0.346. The van der Waals surface area contributed by atoms with Crippen molar-refractivity contribution in [1.82, 2.24) is 4.90 Å². The van der Waals surface area contributed by atoms with Crippen LogP contribution in [0.25, 0.3) is 0 Å². The summed E-state index contributed by atoms with van der Waals surface area (Å²) in [4.78, 5) is 2.48. The number of benzene rings is 1. The van der Waals surface area contributed by atoms with E-state index < -0.39 is 0 Å². The molecule has 2 rings (SSSR count). The summed E-state index contributed by atoms with van der Waals surface area (Å²) in [5, 5.41) is 9.56. The number of rotatable bonds is 3. The molecule has 3 atom stereocenters. The third-order valence-corrected chi connectivity index (χ3v) is 4.35. The lowest BCUT2D eigenvalue weighted by molar-refractivity contribution is 0.0977. The van der Waals surface area contributed by atoms with Gasteiger partial charge in [0.1, 0.15) is 5.75 Å². The van der Waals surface area contributed by atoms with Crippen LogP contribution in [0.5, 0.6) is 5.75 Å². The van der Waals surface area contributed by atoms with E-state index in [-0.39, 0.29) is 0 Å². The molecule has 1 aromatic carbocycles. The fraction of sp³-hybridized carbons (Fsp3) is 0.600. The van der Waals surface area contributed by atoms with Gasteiger partial charge in [-0.15, -0.1) is 0 Å². The normalized spacial score (nSPS) is 27.1. The summed E-state index contributed by atoms with van der Waals surface area (Å²) in [6, 6.07) is 7.92. The fourth-order valence-electron chi connectivity index (χ4n) is 2.83. The Morgan fingerprint density at radius 1 is 1.50 bits per heavy atom. The van der Waals surface area contributed by atoms with Crippen molar-refractivity contribution >= 4 is 0 Å². The molecule has 3 unspecified atom stereocenters. The monoisotopic (exact) mass is 248 g/mol. The summed E-state index contributed by atoms with van der Waals surface area (Å²) in [5.41, 5.74) is 7.03. The summed E-state index contributed by atoms with van der Waals surface area (Å²) in [5.74, 6) is 1.67. The Balaban J connectivity index is 2.07. The number of hydrogen-bond acceptors (Lipinski definition) is 3. The van der Waals surface area contributed by atoms with Crippen molar-refractivity contribution in [3.05, 3.63) is 29.8 Å². The average molecular weight is 248 g/mol. The largest absolute Gasteiger partial charge is 0.508 e. The van der Waals surface area contributed by atoms with E-state index in [0.29, 0.717) is 17.7 Å². The van der Waals surface area contributed by atoms with E-state index in [1.54, 1.807) is 6.07 Å². The topological polar surface area (TPSA) is 49.5 Å². The van der Waals surface area contributed by atoms with Crippen molar-refractivity contribution in [2.45, 2.75) is 26.3 Å². The maximum atomic E-state index is 9.56. The van der Waals surface area contributed by atoms with Crippen LogP contribution in [0.1, 0.15) is 31.9 Å². The van der Waals surface area contributed by atoms with E-state index in [1.807, 2.05) is 12.1 Å². The Morgan fingerprint density at radius 2 is 2.28 bits per heavy atom. The lowest BCUT2D eigenvalue weighted by atomic mass is 9.86. The van der Waals surface area contributed by atoms with Gasteiger partial charge in [-0.25, -0.2) is 0 Å². The van der Waals surface area contributed by atoms with Gasteiger partial charge in [0.2, 0.25) is 0 Å². The first-order chi connectivity index (χ1) is 8.61. The molecule has 1 heterocycles. The first kappa shape index (κ1) is 13.4. The molecule has 0 spiro atoms. The van der Waals surface area contributed by atoms with Crippen LogP contribution < -0.4 is 5.73 Å². The van der Waals surface area contributed by atoms with Gasteiger partial charge in [0.25, 0.3) is 0 Å². The molecule has 0 saturated carbocycles. The molecule has 0 radical (unpaired) electrons. The van der Waals surface area contributed by atoms with Gasteiger partial charge in [-0.3, -0.25) is 4.90 Å². The third kappa shape index (κ3) is 2.85. The Hall–Kier alpha value is -1.06. The average Bonchev–Trinajstić information content (AvgIpc) is 2.38. The molecule has 18 heavy (non-hydrogen) atoms. The summed E-state index contributed by atoms with van der Waals surface area (Å²) in [6.07, 6.45) is 1.21. The van der Waals surface area contributed by atoms with Crippen LogP contribution in [0.15, 0.2) is 24.3 Å². The predicted octanol–water partition coefficient (Wildman–Crippen LogP) is 2.37. The van der Waals surface area contributed by atoms with E-state index in [1.165, 1.54) is 12.0 Å². The summed E-state index contributed by atoms with van der Waals surface area (Å²) in [7, 11) is 0. The van der Waals surface area contributed by atoms with Crippen LogP contribution in [-0.4, -0.2) is 29.6 Å². The number of hydrogen-bond donors (Lipinski definition) is 2. The number of nitrogens with zero attached hydrogens (tertiary/aromatic N) is 1. The molecule has 0 aliphatic carbocycles. The molecule has 1 aliphatic rings. The number of phenols is 1. The van der Waals surface area contributed by atoms with Gasteiger partial charge in [-0.05, 0) is 56.0 Å². The molecule has 3 N–H and O–H groups in total. The van der Waals surface area contributed by atoms with Gasteiger partial charge in [0.05, 0.1) is 0 Å². The standard InChI is InChI=1S/C15H24N2O/c1-11-6-7-17(10-14(11)9-16)12(2)13-4-3-5-15(18)8-13/h3-5,8,11-12,14,18H,6-7,9-10,16H2,1-2H3. The van der Waals surface area contributed by atoms with Crippen LogP contribution in [0.4, 0.5) is 0 Å². The van der Waals surface area contributed by atoms with Crippen LogP contribution in [0, 0.1) is 11.8 Å². The third-order valence-electron chi connectivity index (χ3n) is 4.35. The Morgan fingerprint density at radius 3 is 2.94 bits per heavy atom. The highest BCUT2D eigenvalue weighted by atomic mass is 16.3. The second kappa shape index (κ2) is 5.72. The van der Waals surface area contributed by atoms with Gasteiger partial charge >= 0.3 is 0 Å². The molecule has 1 aliphatic heterocycles. The predicted molar refractivity (Wildman–Crippen MR) is 74.4 cm³/mol. The number of piperidine rings is 1. The molecule has 0 bridgehead atoms. The van der Waals surface area contributed by atoms with E-state index in [9.17, 15) is 5.11 Å². The lowest BCUT2D eigenvalue weighted by Crippen LogP contribution is -2.43. The van der Waals surface area contributed by atoms with Gasteiger partial charge in [0, 0.05) is 12.6 Å². The minimum atomic E-state index is 0.346. The van der Waals surface area contributed by atoms with E-state index in [4.69, 9.17) is 5.73 Å². The first-order valence-corrected chi connectivity index (χ1v) is 6.85. The van der Waals surface area contributed by atoms with Crippen molar-refractivity contribution in [1.29, 1.82) is 0 Å². The maximum absolute atomic E-state index is 9.56. The second-order valence-electron chi connectivity index (χ2n) is 5.53. The summed E-state index contributed by atoms with van der Waals surface area (Å²) >= 11 is 0. The van der Waals surface area contributed by atoms with Crippen LogP contribution in [0.2, 0.25) is 0 Å². The van der Waals surface area contributed by atoms with Crippen molar-refractivity contribution in [3.8, 4) is 5.75 Å². The molecule has 3 nitrogen and oxygen atoms in total. The molecule has 0 amide bonds. The number of aromatic hydroxyl groups is 1. The second-order valence-corrected chi connectivity index (χ2v) is 5.53. The molecule has 100 valence electrons. The maximum Gasteiger partial charge on any atom is 0.115 e. The van der Waals surface area contributed by atoms with Gasteiger partial charge in [-0.1, -0.05) is 19.1 Å². The lowest BCUT2D eigenvalue weighted by Gasteiger charge is -2.40. The van der Waals surface area contributed by atoms with Gasteiger partial charge < -0.3 is 10.8 Å². The molecule has 1 aromatic rings. The van der Waals surface area contributed by atoms with Gasteiger partial charge in [-0.2, -0.15) is 0 Å². The van der Waals surface area contributed by atoms with Crippen molar-refractivity contribution in [3.63, 3.8) is 0 Å². The van der Waals surface area contributed by atoms with Crippen molar-refractivity contribution in [2.24, 2.45) is 17.6 Å². The minimum Gasteiger partial charge on any atom is -0.508 e. The highest BCUT2D eigenvalue weighted by molar-refractivity contribution is 5.29. The number of likely N-dealkylation sites (tertiary alicyclic amines) is 1. The molecular weight excluding hydrogens is 224 g/mol. The zero-order valence-electron chi connectivity index (χ0n) is 11.3. The summed E-state index contributed by atoms with van der Waals surface area (Å²) < 4.78 is 0. The van der Waals surface area contributed by atoms with E-state index >= 15 is 0 Å². The number of phenolic OH excluding ortho intramolecular Hbond substituents is 1. The van der Waals surface area contributed by atoms with Crippen LogP contribution in [0.3, 0.4) is 0 Å². The Bertz CT molecular complexity index is 394. The van der Waals surface area contributed by atoms with Crippen molar-refractivity contribution in [2.75, 3.05) is 19.6 Å². The zero-order valence-corrected chi connectivity index (χ0v) is 11.3. The molecule has 0 aromatic heterocycles. The van der Waals surface area contributed by atoms with E-state index in [0.717, 1.165) is 25.6 Å². The Kier molecular flexibility index (Phi) is 4.25. The first-order valence-electron chi connectivity index (χ1n) is 6.85. The fourth-order valence-corrected chi connectivity index (χ4v) is 2.83. The highest BCUT2D eigenvalue weighted by Crippen LogP contribution is 2.30. The molecule has 1 fully saturated rings. The van der Waals surface area contributed by atoms with Gasteiger partial charge in [0.15, 0.2) is 0 Å². The highest BCUT2D eigenvalue weighted by Gasteiger charge is 2.28. The zero-order chi connectivity index (χ0) is 13.1. The molecular formula is C15H24N2O. The number of nitrogens with two attached hydrogens (primary N) is 1. The van der Waals surface area contributed by atoms with Crippen LogP contribution in [-0.2, 0) is 0 Å². The van der Waals surface area contributed by atoms with E-state index in [2.05, 4.69) is 24.8 Å². The smallest absolute Gasteiger partial charge is 0.115 e. The SMILES string of the molecule is CC1CCN(C(C)c2cccc(O)c2)CC1CN. The quantitative estimate of drug-likeness (QED) is 0.863. The van der Waals surface area contributed by atoms with Crippen LogP contribution >= 0.6 is 0 Å². The molecule has 1 saturated heterocycles. The molecule has 3 heteroatoms. The van der Waals surface area contributed by atoms with Crippen molar-refractivity contribution < 1.29 is 5.11 Å². The summed E-state index contributed by atoms with van der Waals surface area (Å²) in [6.45, 7) is 7.46. The Labute approximate surface area is 110 Å².